The normalized spacial score (nSPS) is 19.6. The SMILES string of the molecule is CNS(=O)(=O)C1CCN(Cc2cn[nH]c2-c2cccnc2)C1. The van der Waals surface area contributed by atoms with Crippen LogP contribution in [0.5, 0.6) is 0 Å². The van der Waals surface area contributed by atoms with Gasteiger partial charge in [-0.1, -0.05) is 0 Å². The Balaban J connectivity index is 1.72. The summed E-state index contributed by atoms with van der Waals surface area (Å²) in [6.45, 7) is 1.99. The third-order valence-electron chi connectivity index (χ3n) is 4.01. The first kappa shape index (κ1) is 15.1. The fraction of sp³-hybridized carbons (Fsp3) is 0.429. The summed E-state index contributed by atoms with van der Waals surface area (Å²) in [4.78, 5) is 6.26. The molecular weight excluding hydrogens is 302 g/mol. The molecule has 0 bridgehead atoms. The Morgan fingerprint density at radius 2 is 2.32 bits per heavy atom. The minimum atomic E-state index is -3.20. The maximum Gasteiger partial charge on any atom is 0.215 e. The molecule has 2 aromatic rings. The predicted octanol–water partition coefficient (Wildman–Crippen LogP) is 0.595. The van der Waals surface area contributed by atoms with Gasteiger partial charge in [0.15, 0.2) is 0 Å². The number of nitrogens with one attached hydrogen (secondary N) is 2. The van der Waals surface area contributed by atoms with Crippen LogP contribution in [0.25, 0.3) is 11.3 Å². The van der Waals surface area contributed by atoms with Crippen molar-refractivity contribution in [2.75, 3.05) is 20.1 Å². The van der Waals surface area contributed by atoms with Gasteiger partial charge in [0.05, 0.1) is 17.1 Å². The van der Waals surface area contributed by atoms with Gasteiger partial charge in [0, 0.05) is 36.6 Å². The molecule has 0 radical (unpaired) electrons. The van der Waals surface area contributed by atoms with E-state index in [1.807, 2.05) is 12.1 Å². The van der Waals surface area contributed by atoms with Gasteiger partial charge >= 0.3 is 0 Å². The van der Waals surface area contributed by atoms with Gasteiger partial charge in [-0.25, -0.2) is 13.1 Å². The van der Waals surface area contributed by atoms with E-state index in [4.69, 9.17) is 0 Å². The first-order chi connectivity index (χ1) is 10.6. The van der Waals surface area contributed by atoms with Gasteiger partial charge in [0.1, 0.15) is 0 Å². The van der Waals surface area contributed by atoms with Crippen LogP contribution in [0.15, 0.2) is 30.7 Å². The average molecular weight is 321 g/mol. The number of hydrogen-bond donors (Lipinski definition) is 2. The lowest BCUT2D eigenvalue weighted by molar-refractivity contribution is 0.331. The van der Waals surface area contributed by atoms with Crippen molar-refractivity contribution in [1.29, 1.82) is 0 Å². The maximum absolute atomic E-state index is 11.9. The van der Waals surface area contributed by atoms with E-state index < -0.39 is 10.0 Å². The Labute approximate surface area is 129 Å². The monoisotopic (exact) mass is 321 g/mol. The lowest BCUT2D eigenvalue weighted by Crippen LogP contribution is -2.34. The number of likely N-dealkylation sites (tertiary alicyclic amines) is 1. The quantitative estimate of drug-likeness (QED) is 0.841. The molecule has 1 unspecified atom stereocenters. The highest BCUT2D eigenvalue weighted by molar-refractivity contribution is 7.90. The number of sulfonamides is 1. The Morgan fingerprint density at radius 1 is 1.45 bits per heavy atom. The highest BCUT2D eigenvalue weighted by Crippen LogP contribution is 2.24. The van der Waals surface area contributed by atoms with E-state index in [2.05, 4.69) is 24.8 Å². The molecule has 0 aromatic carbocycles. The molecule has 0 aliphatic carbocycles. The van der Waals surface area contributed by atoms with Gasteiger partial charge in [0.2, 0.25) is 10.0 Å². The van der Waals surface area contributed by atoms with E-state index in [-0.39, 0.29) is 5.25 Å². The van der Waals surface area contributed by atoms with E-state index >= 15 is 0 Å². The highest BCUT2D eigenvalue weighted by atomic mass is 32.2. The molecule has 0 saturated carbocycles. The van der Waals surface area contributed by atoms with Gasteiger partial charge in [-0.15, -0.1) is 0 Å². The number of hydrogen-bond acceptors (Lipinski definition) is 5. The maximum atomic E-state index is 11.9. The third-order valence-corrected chi connectivity index (χ3v) is 5.85. The fourth-order valence-electron chi connectivity index (χ4n) is 2.79. The van der Waals surface area contributed by atoms with Crippen molar-refractivity contribution in [3.8, 4) is 11.3 Å². The molecule has 1 fully saturated rings. The van der Waals surface area contributed by atoms with Crippen molar-refractivity contribution < 1.29 is 8.42 Å². The highest BCUT2D eigenvalue weighted by Gasteiger charge is 2.32. The largest absolute Gasteiger partial charge is 0.298 e. The molecule has 3 heterocycles. The molecule has 2 N–H and O–H groups in total. The van der Waals surface area contributed by atoms with Crippen LogP contribution in [0, 0.1) is 0 Å². The van der Waals surface area contributed by atoms with Crippen molar-refractivity contribution in [2.24, 2.45) is 0 Å². The Hall–Kier alpha value is -1.77. The van der Waals surface area contributed by atoms with Crippen LogP contribution in [-0.4, -0.2) is 53.9 Å². The number of nitrogens with zero attached hydrogens (tertiary/aromatic N) is 3. The zero-order valence-corrected chi connectivity index (χ0v) is 13.2. The third kappa shape index (κ3) is 3.03. The number of pyridine rings is 1. The van der Waals surface area contributed by atoms with Crippen LogP contribution >= 0.6 is 0 Å². The summed E-state index contributed by atoms with van der Waals surface area (Å²) in [5.74, 6) is 0. The first-order valence-corrected chi connectivity index (χ1v) is 8.72. The van der Waals surface area contributed by atoms with Crippen molar-refractivity contribution in [2.45, 2.75) is 18.2 Å². The minimum Gasteiger partial charge on any atom is -0.298 e. The minimum absolute atomic E-state index is 0.341. The smallest absolute Gasteiger partial charge is 0.215 e. The summed E-state index contributed by atoms with van der Waals surface area (Å²) in [5, 5.41) is 6.77. The van der Waals surface area contributed by atoms with E-state index in [0.29, 0.717) is 19.5 Å². The molecule has 0 spiro atoms. The second kappa shape index (κ2) is 6.15. The second-order valence-electron chi connectivity index (χ2n) is 5.41. The Bertz CT molecular complexity index is 729. The second-order valence-corrected chi connectivity index (χ2v) is 7.57. The van der Waals surface area contributed by atoms with Crippen LogP contribution < -0.4 is 4.72 Å². The van der Waals surface area contributed by atoms with Crippen molar-refractivity contribution in [3.63, 3.8) is 0 Å². The van der Waals surface area contributed by atoms with E-state index in [9.17, 15) is 8.42 Å². The van der Waals surface area contributed by atoms with E-state index in [1.54, 1.807) is 18.6 Å². The van der Waals surface area contributed by atoms with E-state index in [1.165, 1.54) is 7.05 Å². The molecule has 1 aliphatic rings. The molecule has 7 nitrogen and oxygen atoms in total. The van der Waals surface area contributed by atoms with Crippen molar-refractivity contribution in [1.82, 2.24) is 24.8 Å². The van der Waals surface area contributed by atoms with Crippen molar-refractivity contribution >= 4 is 10.0 Å². The Morgan fingerprint density at radius 3 is 3.05 bits per heavy atom. The molecule has 1 saturated heterocycles. The van der Waals surface area contributed by atoms with Crippen LogP contribution in [0.2, 0.25) is 0 Å². The van der Waals surface area contributed by atoms with Gasteiger partial charge in [0.25, 0.3) is 0 Å². The molecule has 1 atom stereocenters. The molecule has 3 rings (SSSR count). The number of aromatic nitrogens is 3. The fourth-order valence-corrected chi connectivity index (χ4v) is 3.95. The summed E-state index contributed by atoms with van der Waals surface area (Å²) < 4.78 is 26.2. The van der Waals surface area contributed by atoms with Crippen LogP contribution in [0.3, 0.4) is 0 Å². The zero-order chi connectivity index (χ0) is 15.6. The zero-order valence-electron chi connectivity index (χ0n) is 12.4. The summed E-state index contributed by atoms with van der Waals surface area (Å²) in [7, 11) is -1.73. The molecule has 22 heavy (non-hydrogen) atoms. The van der Waals surface area contributed by atoms with Gasteiger partial charge < -0.3 is 0 Å². The summed E-state index contributed by atoms with van der Waals surface area (Å²) in [5.41, 5.74) is 2.97. The lowest BCUT2D eigenvalue weighted by Gasteiger charge is -2.16. The average Bonchev–Trinajstić information content (AvgIpc) is 3.18. The molecule has 0 amide bonds. The molecule has 2 aromatic heterocycles. The van der Waals surface area contributed by atoms with E-state index in [0.717, 1.165) is 23.4 Å². The van der Waals surface area contributed by atoms with Crippen LogP contribution in [-0.2, 0) is 16.6 Å². The lowest BCUT2D eigenvalue weighted by atomic mass is 10.1. The number of H-pyrrole nitrogens is 1. The van der Waals surface area contributed by atoms with Crippen molar-refractivity contribution in [3.05, 3.63) is 36.3 Å². The van der Waals surface area contributed by atoms with Gasteiger partial charge in [-0.2, -0.15) is 5.10 Å². The standard InChI is InChI=1S/C14H19N5O2S/c1-15-22(20,21)13-4-6-19(10-13)9-12-8-17-18-14(12)11-3-2-5-16-7-11/h2-3,5,7-8,13,15H,4,6,9-10H2,1H3,(H,17,18). The summed E-state index contributed by atoms with van der Waals surface area (Å²) >= 11 is 0. The first-order valence-electron chi connectivity index (χ1n) is 7.17. The molecule has 1 aliphatic heterocycles. The summed E-state index contributed by atoms with van der Waals surface area (Å²) in [6, 6.07) is 3.85. The number of rotatable bonds is 5. The summed E-state index contributed by atoms with van der Waals surface area (Å²) in [6.07, 6.45) is 5.97. The Kier molecular flexibility index (Phi) is 4.23. The molecular formula is C14H19N5O2S. The predicted molar refractivity (Wildman–Crippen MR) is 83.5 cm³/mol. The molecule has 118 valence electrons. The number of aromatic amines is 1. The molecule has 8 heteroatoms. The van der Waals surface area contributed by atoms with Gasteiger partial charge in [-0.3, -0.25) is 15.0 Å². The topological polar surface area (TPSA) is 91.0 Å². The van der Waals surface area contributed by atoms with Gasteiger partial charge in [-0.05, 0) is 32.1 Å². The van der Waals surface area contributed by atoms with Crippen LogP contribution in [0.4, 0.5) is 0 Å². The van der Waals surface area contributed by atoms with Crippen LogP contribution in [0.1, 0.15) is 12.0 Å².